The lowest BCUT2D eigenvalue weighted by molar-refractivity contribution is -0.111. The summed E-state index contributed by atoms with van der Waals surface area (Å²) in [6.45, 7) is 3.42. The largest absolute Gasteiger partial charge is 0.285 e. The quantitative estimate of drug-likeness (QED) is 0.857. The van der Waals surface area contributed by atoms with Crippen LogP contribution in [0.5, 0.6) is 0 Å². The van der Waals surface area contributed by atoms with E-state index in [-0.39, 0.29) is 10.0 Å². The van der Waals surface area contributed by atoms with E-state index < -0.39 is 16.1 Å². The number of sulfonamides is 1. The van der Waals surface area contributed by atoms with Crippen molar-refractivity contribution in [2.75, 3.05) is 5.75 Å². The molecular formula is C13H15N5O3S2. The Bertz CT molecular complexity index is 825. The smallest absolute Gasteiger partial charge is 0.241 e. The van der Waals surface area contributed by atoms with Gasteiger partial charge in [-0.15, -0.1) is 5.10 Å². The van der Waals surface area contributed by atoms with Crippen molar-refractivity contribution >= 4 is 26.9 Å². The van der Waals surface area contributed by atoms with Crippen LogP contribution in [0.3, 0.4) is 0 Å². The second kappa shape index (κ2) is 6.02. The number of aromatic nitrogens is 4. The number of carbonyl (C=O) groups is 1. The van der Waals surface area contributed by atoms with Gasteiger partial charge in [-0.1, -0.05) is 11.8 Å². The molecule has 3 rings (SSSR count). The number of benzene rings is 1. The molecule has 10 heteroatoms. The first kappa shape index (κ1) is 16.1. The van der Waals surface area contributed by atoms with Crippen molar-refractivity contribution in [2.24, 2.45) is 0 Å². The summed E-state index contributed by atoms with van der Waals surface area (Å²) in [5, 5.41) is 10.8. The van der Waals surface area contributed by atoms with E-state index in [1.807, 2.05) is 0 Å². The maximum atomic E-state index is 12.7. The number of tetrazole rings is 1. The highest BCUT2D eigenvalue weighted by Crippen LogP contribution is 2.26. The molecule has 0 bridgehead atoms. The Balaban J connectivity index is 1.97. The Morgan fingerprint density at radius 3 is 2.52 bits per heavy atom. The number of thioether (sulfide) groups is 1. The first-order valence-corrected chi connectivity index (χ1v) is 9.39. The standard InChI is InChI=1S/C13H15N5O3S2/c1-8-5-10(18-7-14-16-17-18)6-9(2)12(8)23(20,21)15-11-3-4-22-13(11)19/h5-7,11,15H,3-4H2,1-2H3/t11-/m1/s1. The minimum atomic E-state index is -3.77. The first-order chi connectivity index (χ1) is 10.9. The summed E-state index contributed by atoms with van der Waals surface area (Å²) in [4.78, 5) is 11.9. The number of nitrogens with one attached hydrogen (secondary N) is 1. The molecule has 1 atom stereocenters. The van der Waals surface area contributed by atoms with E-state index in [1.165, 1.54) is 11.0 Å². The van der Waals surface area contributed by atoms with Crippen LogP contribution in [0.25, 0.3) is 5.69 Å². The molecule has 1 aliphatic heterocycles. The van der Waals surface area contributed by atoms with Crippen LogP contribution < -0.4 is 4.72 Å². The molecule has 1 aromatic heterocycles. The highest BCUT2D eigenvalue weighted by atomic mass is 32.2. The summed E-state index contributed by atoms with van der Waals surface area (Å²) in [7, 11) is -3.77. The van der Waals surface area contributed by atoms with Gasteiger partial charge in [0.25, 0.3) is 0 Å². The fraction of sp³-hybridized carbons (Fsp3) is 0.385. The van der Waals surface area contributed by atoms with Gasteiger partial charge >= 0.3 is 0 Å². The van der Waals surface area contributed by atoms with Crippen molar-refractivity contribution in [3.8, 4) is 5.69 Å². The Kier molecular flexibility index (Phi) is 4.21. The van der Waals surface area contributed by atoms with Crippen LogP contribution in [-0.2, 0) is 14.8 Å². The van der Waals surface area contributed by atoms with Crippen LogP contribution in [0.1, 0.15) is 17.5 Å². The monoisotopic (exact) mass is 353 g/mol. The highest BCUT2D eigenvalue weighted by Gasteiger charge is 2.31. The molecule has 1 aliphatic rings. The maximum Gasteiger partial charge on any atom is 0.241 e. The fourth-order valence-corrected chi connectivity index (χ4v) is 5.30. The van der Waals surface area contributed by atoms with Crippen molar-refractivity contribution in [3.63, 3.8) is 0 Å². The summed E-state index contributed by atoms with van der Waals surface area (Å²) in [5.41, 5.74) is 1.82. The summed E-state index contributed by atoms with van der Waals surface area (Å²) >= 11 is 1.16. The third-order valence-corrected chi connectivity index (χ3v) is 6.35. The van der Waals surface area contributed by atoms with Gasteiger partial charge in [-0.3, -0.25) is 4.79 Å². The molecule has 0 radical (unpaired) electrons. The third kappa shape index (κ3) is 3.14. The van der Waals surface area contributed by atoms with Gasteiger partial charge in [0.2, 0.25) is 15.1 Å². The topological polar surface area (TPSA) is 107 Å². The molecule has 23 heavy (non-hydrogen) atoms. The molecule has 2 aromatic rings. The van der Waals surface area contributed by atoms with E-state index in [2.05, 4.69) is 20.2 Å². The lowest BCUT2D eigenvalue weighted by Crippen LogP contribution is -2.37. The molecule has 1 N–H and O–H groups in total. The second-order valence-corrected chi connectivity index (χ2v) is 8.04. The Labute approximate surface area is 137 Å². The first-order valence-electron chi connectivity index (χ1n) is 6.92. The van der Waals surface area contributed by atoms with Gasteiger partial charge < -0.3 is 0 Å². The van der Waals surface area contributed by atoms with Gasteiger partial charge in [0.05, 0.1) is 16.6 Å². The fourth-order valence-electron chi connectivity index (χ4n) is 2.61. The van der Waals surface area contributed by atoms with Crippen molar-refractivity contribution in [3.05, 3.63) is 29.6 Å². The predicted molar refractivity (Wildman–Crippen MR) is 84.8 cm³/mol. The van der Waals surface area contributed by atoms with E-state index in [4.69, 9.17) is 0 Å². The van der Waals surface area contributed by atoms with E-state index in [0.717, 1.165) is 11.8 Å². The minimum absolute atomic E-state index is 0.130. The highest BCUT2D eigenvalue weighted by molar-refractivity contribution is 8.14. The van der Waals surface area contributed by atoms with Crippen LogP contribution in [0.4, 0.5) is 0 Å². The summed E-state index contributed by atoms with van der Waals surface area (Å²) in [6, 6.07) is 2.75. The number of nitrogens with zero attached hydrogens (tertiary/aromatic N) is 4. The average Bonchev–Trinajstić information content (AvgIpc) is 3.10. The molecule has 2 heterocycles. The summed E-state index contributed by atoms with van der Waals surface area (Å²) < 4.78 is 29.3. The lowest BCUT2D eigenvalue weighted by atomic mass is 10.1. The summed E-state index contributed by atoms with van der Waals surface area (Å²) in [6.07, 6.45) is 1.96. The van der Waals surface area contributed by atoms with E-state index in [0.29, 0.717) is 29.0 Å². The molecule has 1 aromatic carbocycles. The minimum Gasteiger partial charge on any atom is -0.285 e. The Morgan fingerprint density at radius 1 is 1.30 bits per heavy atom. The number of hydrogen-bond acceptors (Lipinski definition) is 7. The number of aryl methyl sites for hydroxylation is 2. The summed E-state index contributed by atoms with van der Waals surface area (Å²) in [5.74, 6) is 0.641. The third-order valence-electron chi connectivity index (χ3n) is 3.56. The molecule has 0 aliphatic carbocycles. The van der Waals surface area contributed by atoms with E-state index >= 15 is 0 Å². The number of hydrogen-bond donors (Lipinski definition) is 1. The second-order valence-electron chi connectivity index (χ2n) is 5.29. The van der Waals surface area contributed by atoms with Gasteiger partial charge in [0, 0.05) is 5.75 Å². The van der Waals surface area contributed by atoms with E-state index in [1.54, 1.807) is 26.0 Å². The molecule has 1 fully saturated rings. The Morgan fingerprint density at radius 2 is 2.00 bits per heavy atom. The molecule has 0 amide bonds. The van der Waals surface area contributed by atoms with Crippen molar-refractivity contribution in [1.29, 1.82) is 0 Å². The van der Waals surface area contributed by atoms with Crippen LogP contribution >= 0.6 is 11.8 Å². The van der Waals surface area contributed by atoms with Gasteiger partial charge in [-0.25, -0.2) is 13.1 Å². The lowest BCUT2D eigenvalue weighted by Gasteiger charge is -2.16. The van der Waals surface area contributed by atoms with Crippen molar-refractivity contribution in [1.82, 2.24) is 24.9 Å². The van der Waals surface area contributed by atoms with Crippen LogP contribution in [0.15, 0.2) is 23.4 Å². The number of rotatable bonds is 4. The van der Waals surface area contributed by atoms with Crippen LogP contribution in [0.2, 0.25) is 0 Å². The van der Waals surface area contributed by atoms with Gasteiger partial charge in [-0.05, 0) is 54.0 Å². The molecular weight excluding hydrogens is 338 g/mol. The predicted octanol–water partition coefficient (Wildman–Crippen LogP) is 0.590. The zero-order valence-corrected chi connectivity index (χ0v) is 14.2. The Hall–Kier alpha value is -1.78. The zero-order valence-electron chi connectivity index (χ0n) is 12.6. The maximum absolute atomic E-state index is 12.7. The van der Waals surface area contributed by atoms with Crippen LogP contribution in [-0.4, -0.2) is 45.5 Å². The van der Waals surface area contributed by atoms with Gasteiger partial charge in [0.15, 0.2) is 0 Å². The number of carbonyl (C=O) groups excluding carboxylic acids is 1. The van der Waals surface area contributed by atoms with Gasteiger partial charge in [-0.2, -0.15) is 4.72 Å². The molecule has 0 spiro atoms. The van der Waals surface area contributed by atoms with Gasteiger partial charge in [0.1, 0.15) is 6.33 Å². The molecule has 1 saturated heterocycles. The normalized spacial score (nSPS) is 18.5. The molecule has 0 saturated carbocycles. The zero-order chi connectivity index (χ0) is 16.6. The molecule has 8 nitrogen and oxygen atoms in total. The molecule has 122 valence electrons. The van der Waals surface area contributed by atoms with Crippen LogP contribution in [0, 0.1) is 13.8 Å². The van der Waals surface area contributed by atoms with E-state index in [9.17, 15) is 13.2 Å². The SMILES string of the molecule is Cc1cc(-n2cnnn2)cc(C)c1S(=O)(=O)N[C@@H]1CCSC1=O. The van der Waals surface area contributed by atoms with Crippen molar-refractivity contribution in [2.45, 2.75) is 31.2 Å². The molecule has 0 unspecified atom stereocenters. The van der Waals surface area contributed by atoms with Crippen molar-refractivity contribution < 1.29 is 13.2 Å². The average molecular weight is 353 g/mol.